The van der Waals surface area contributed by atoms with Crippen LogP contribution in [-0.4, -0.2) is 25.2 Å². The first-order valence-corrected chi connectivity index (χ1v) is 7.37. The lowest BCUT2D eigenvalue weighted by Crippen LogP contribution is -2.37. The molecule has 0 aliphatic heterocycles. The fourth-order valence-electron chi connectivity index (χ4n) is 2.41. The number of rotatable bonds is 5. The number of nitrogens with zero attached hydrogens (tertiary/aromatic N) is 4. The third-order valence-electron chi connectivity index (χ3n) is 3.71. The van der Waals surface area contributed by atoms with Crippen LogP contribution in [0.3, 0.4) is 0 Å². The second kappa shape index (κ2) is 6.31. The van der Waals surface area contributed by atoms with Gasteiger partial charge in [0.1, 0.15) is 5.82 Å². The number of imidazole rings is 1. The predicted molar refractivity (Wildman–Crippen MR) is 87.0 cm³/mol. The van der Waals surface area contributed by atoms with Gasteiger partial charge in [0.05, 0.1) is 0 Å². The Bertz CT molecular complexity index is 834. The second-order valence-electron chi connectivity index (χ2n) is 5.69. The zero-order chi connectivity index (χ0) is 16.4. The number of hydrogen-bond acceptors (Lipinski definition) is 4. The first kappa shape index (κ1) is 16.2. The van der Waals surface area contributed by atoms with Gasteiger partial charge in [-0.05, 0) is 26.8 Å². The number of aromatic nitrogens is 4. The summed E-state index contributed by atoms with van der Waals surface area (Å²) in [6.45, 7) is 5.13. The highest BCUT2D eigenvalue weighted by Gasteiger charge is 2.18. The summed E-state index contributed by atoms with van der Waals surface area (Å²) in [6.07, 6.45) is 3.50. The minimum Gasteiger partial charge on any atom is -0.330 e. The van der Waals surface area contributed by atoms with E-state index in [1.54, 1.807) is 7.05 Å². The molecule has 0 aliphatic carbocycles. The Hall–Kier alpha value is -2.15. The summed E-state index contributed by atoms with van der Waals surface area (Å²) < 4.78 is 4.43. The Kier molecular flexibility index (Phi) is 4.65. The van der Waals surface area contributed by atoms with Crippen LogP contribution >= 0.6 is 0 Å². The zero-order valence-electron chi connectivity index (χ0n) is 13.6. The first-order chi connectivity index (χ1) is 10.4. The van der Waals surface area contributed by atoms with Crippen molar-refractivity contribution in [2.75, 3.05) is 6.54 Å². The van der Waals surface area contributed by atoms with Crippen LogP contribution in [0, 0.1) is 0 Å². The van der Waals surface area contributed by atoms with Crippen molar-refractivity contribution < 1.29 is 0 Å². The lowest BCUT2D eigenvalue weighted by Gasteiger charge is -2.07. The number of nitrogens with two attached hydrogens (primary N) is 1. The Morgan fingerprint density at radius 3 is 2.50 bits per heavy atom. The highest BCUT2D eigenvalue weighted by atomic mass is 16.2. The SMILES string of the molecule is CC(C)=CCn1c(CCCN)nc2c1c(=O)n(C)c(=O)n2C. The molecule has 0 radical (unpaired) electrons. The van der Waals surface area contributed by atoms with E-state index >= 15 is 0 Å². The van der Waals surface area contributed by atoms with E-state index in [2.05, 4.69) is 4.98 Å². The summed E-state index contributed by atoms with van der Waals surface area (Å²) in [7, 11) is 3.12. The third kappa shape index (κ3) is 2.76. The molecule has 0 spiro atoms. The van der Waals surface area contributed by atoms with Gasteiger partial charge in [-0.25, -0.2) is 9.78 Å². The molecular formula is C15H23N5O2. The molecule has 0 aromatic carbocycles. The van der Waals surface area contributed by atoms with E-state index in [9.17, 15) is 9.59 Å². The molecule has 22 heavy (non-hydrogen) atoms. The maximum atomic E-state index is 12.5. The molecular weight excluding hydrogens is 282 g/mol. The maximum Gasteiger partial charge on any atom is 0.332 e. The highest BCUT2D eigenvalue weighted by molar-refractivity contribution is 5.71. The minimum atomic E-state index is -0.366. The van der Waals surface area contributed by atoms with E-state index in [1.165, 1.54) is 11.6 Å². The van der Waals surface area contributed by atoms with E-state index in [0.717, 1.165) is 22.4 Å². The Balaban J connectivity index is 2.78. The maximum absolute atomic E-state index is 12.5. The molecule has 2 heterocycles. The van der Waals surface area contributed by atoms with Crippen molar-refractivity contribution in [2.24, 2.45) is 19.8 Å². The molecule has 2 N–H and O–H groups in total. The average Bonchev–Trinajstić information content (AvgIpc) is 2.85. The normalized spacial score (nSPS) is 11.1. The summed E-state index contributed by atoms with van der Waals surface area (Å²) in [6, 6.07) is 0. The monoisotopic (exact) mass is 305 g/mol. The van der Waals surface area contributed by atoms with E-state index in [-0.39, 0.29) is 11.2 Å². The van der Waals surface area contributed by atoms with Crippen LogP contribution in [0.4, 0.5) is 0 Å². The topological polar surface area (TPSA) is 87.8 Å². The number of allylic oxidation sites excluding steroid dienone is 2. The van der Waals surface area contributed by atoms with Gasteiger partial charge in [0.15, 0.2) is 11.2 Å². The van der Waals surface area contributed by atoms with Gasteiger partial charge in [0.25, 0.3) is 5.56 Å². The van der Waals surface area contributed by atoms with Crippen molar-refractivity contribution in [1.82, 2.24) is 18.7 Å². The van der Waals surface area contributed by atoms with Crippen molar-refractivity contribution in [1.29, 1.82) is 0 Å². The zero-order valence-corrected chi connectivity index (χ0v) is 13.6. The van der Waals surface area contributed by atoms with Crippen molar-refractivity contribution in [3.05, 3.63) is 38.3 Å². The van der Waals surface area contributed by atoms with Gasteiger partial charge in [-0.1, -0.05) is 11.6 Å². The summed E-state index contributed by atoms with van der Waals surface area (Å²) in [4.78, 5) is 29.1. The molecule has 0 atom stereocenters. The van der Waals surface area contributed by atoms with Crippen LogP contribution in [0.1, 0.15) is 26.1 Å². The minimum absolute atomic E-state index is 0.313. The average molecular weight is 305 g/mol. The van der Waals surface area contributed by atoms with Crippen LogP contribution < -0.4 is 17.0 Å². The molecule has 0 amide bonds. The second-order valence-corrected chi connectivity index (χ2v) is 5.69. The van der Waals surface area contributed by atoms with Crippen LogP contribution in [0.2, 0.25) is 0 Å². The molecule has 0 aliphatic rings. The van der Waals surface area contributed by atoms with E-state index in [4.69, 9.17) is 5.73 Å². The van der Waals surface area contributed by atoms with Gasteiger partial charge in [0.2, 0.25) is 0 Å². The quantitative estimate of drug-likeness (QED) is 0.804. The lowest BCUT2D eigenvalue weighted by atomic mass is 10.3. The molecule has 2 aromatic heterocycles. The molecule has 0 unspecified atom stereocenters. The lowest BCUT2D eigenvalue weighted by molar-refractivity contribution is 0.695. The van der Waals surface area contributed by atoms with Crippen molar-refractivity contribution in [3.63, 3.8) is 0 Å². The van der Waals surface area contributed by atoms with Gasteiger partial charge in [-0.2, -0.15) is 0 Å². The van der Waals surface area contributed by atoms with Gasteiger partial charge in [0, 0.05) is 27.1 Å². The molecule has 0 saturated heterocycles. The first-order valence-electron chi connectivity index (χ1n) is 7.37. The Morgan fingerprint density at radius 1 is 1.23 bits per heavy atom. The van der Waals surface area contributed by atoms with Crippen LogP contribution in [0.25, 0.3) is 11.2 Å². The van der Waals surface area contributed by atoms with E-state index in [0.29, 0.717) is 30.7 Å². The Morgan fingerprint density at radius 2 is 1.91 bits per heavy atom. The molecule has 0 bridgehead atoms. The van der Waals surface area contributed by atoms with Crippen molar-refractivity contribution in [3.8, 4) is 0 Å². The molecule has 120 valence electrons. The summed E-state index contributed by atoms with van der Waals surface area (Å²) in [5.74, 6) is 0.788. The molecule has 2 rings (SSSR count). The van der Waals surface area contributed by atoms with Crippen LogP contribution in [0.5, 0.6) is 0 Å². The summed E-state index contributed by atoms with van der Waals surface area (Å²) in [5.41, 5.74) is 6.96. The molecule has 7 heteroatoms. The Labute approximate surface area is 128 Å². The van der Waals surface area contributed by atoms with Gasteiger partial charge in [-0.3, -0.25) is 13.9 Å². The largest absolute Gasteiger partial charge is 0.332 e. The molecule has 7 nitrogen and oxygen atoms in total. The molecule has 2 aromatic rings. The predicted octanol–water partition coefficient (Wildman–Crippen LogP) is 0.291. The standard InChI is InChI=1S/C15H23N5O2/c1-10(2)7-9-20-11(6-5-8-16)17-13-12(20)14(21)19(4)15(22)18(13)3/h7H,5-6,8-9,16H2,1-4H3. The summed E-state index contributed by atoms with van der Waals surface area (Å²) in [5, 5.41) is 0. The van der Waals surface area contributed by atoms with Crippen LogP contribution in [0.15, 0.2) is 21.2 Å². The fourth-order valence-corrected chi connectivity index (χ4v) is 2.41. The van der Waals surface area contributed by atoms with Gasteiger partial charge in [-0.15, -0.1) is 0 Å². The van der Waals surface area contributed by atoms with Crippen molar-refractivity contribution in [2.45, 2.75) is 33.2 Å². The number of fused-ring (bicyclic) bond motifs is 1. The van der Waals surface area contributed by atoms with E-state index in [1.807, 2.05) is 24.5 Å². The number of hydrogen-bond donors (Lipinski definition) is 1. The highest BCUT2D eigenvalue weighted by Crippen LogP contribution is 2.13. The van der Waals surface area contributed by atoms with Crippen LogP contribution in [-0.2, 0) is 27.1 Å². The summed E-state index contributed by atoms with van der Waals surface area (Å²) >= 11 is 0. The third-order valence-corrected chi connectivity index (χ3v) is 3.71. The molecule has 0 fully saturated rings. The number of aryl methyl sites for hydroxylation is 2. The fraction of sp³-hybridized carbons (Fsp3) is 0.533. The van der Waals surface area contributed by atoms with Crippen molar-refractivity contribution >= 4 is 11.2 Å². The molecule has 0 saturated carbocycles. The van der Waals surface area contributed by atoms with Gasteiger partial charge < -0.3 is 10.3 Å². The van der Waals surface area contributed by atoms with E-state index < -0.39 is 0 Å². The smallest absolute Gasteiger partial charge is 0.330 e. The van der Waals surface area contributed by atoms with Gasteiger partial charge >= 0.3 is 5.69 Å².